The molecule has 3 rings (SSSR count). The maximum absolute atomic E-state index is 5.97. The lowest BCUT2D eigenvalue weighted by atomic mass is 9.94. The summed E-state index contributed by atoms with van der Waals surface area (Å²) >= 11 is 0. The van der Waals surface area contributed by atoms with Gasteiger partial charge in [-0.05, 0) is 26.8 Å². The van der Waals surface area contributed by atoms with E-state index in [0.717, 1.165) is 50.3 Å². The maximum Gasteiger partial charge on any atom is 0.194 e. The van der Waals surface area contributed by atoms with E-state index in [1.54, 1.807) is 0 Å². The van der Waals surface area contributed by atoms with E-state index in [1.807, 2.05) is 24.1 Å². The van der Waals surface area contributed by atoms with Crippen LogP contribution >= 0.6 is 24.0 Å². The quantitative estimate of drug-likeness (QED) is 0.367. The number of halogens is 1. The Hall–Kier alpha value is -0.870. The van der Waals surface area contributed by atoms with Crippen LogP contribution in [0.15, 0.2) is 17.4 Å². The molecular formula is C20H37IN6O. The first kappa shape index (κ1) is 23.4. The topological polar surface area (TPSA) is 57.9 Å². The maximum atomic E-state index is 5.97. The van der Waals surface area contributed by atoms with Crippen molar-refractivity contribution in [3.8, 4) is 0 Å². The number of hydrogen-bond acceptors (Lipinski definition) is 4. The fraction of sp³-hybridized carbons (Fsp3) is 0.800. The molecule has 0 radical (unpaired) electrons. The predicted octanol–water partition coefficient (Wildman–Crippen LogP) is 2.64. The molecule has 2 heterocycles. The summed E-state index contributed by atoms with van der Waals surface area (Å²) in [6, 6.07) is 0.745. The molecule has 0 bridgehead atoms. The summed E-state index contributed by atoms with van der Waals surface area (Å²) in [5.41, 5.74) is 1.13. The largest absolute Gasteiger partial charge is 0.370 e. The molecule has 1 aliphatic heterocycles. The summed E-state index contributed by atoms with van der Waals surface area (Å²) in [4.78, 5) is 9.75. The lowest BCUT2D eigenvalue weighted by Crippen LogP contribution is -2.48. The van der Waals surface area contributed by atoms with E-state index in [0.29, 0.717) is 6.61 Å². The number of rotatable bonds is 6. The molecule has 0 amide bonds. The first-order valence-electron chi connectivity index (χ1n) is 10.5. The van der Waals surface area contributed by atoms with Gasteiger partial charge in [0, 0.05) is 44.5 Å². The van der Waals surface area contributed by atoms with E-state index in [1.165, 1.54) is 32.1 Å². The van der Waals surface area contributed by atoms with Crippen LogP contribution in [0.3, 0.4) is 0 Å². The molecule has 2 fully saturated rings. The normalized spacial score (nSPS) is 21.6. The number of morpholine rings is 1. The van der Waals surface area contributed by atoms with E-state index >= 15 is 0 Å². The summed E-state index contributed by atoms with van der Waals surface area (Å²) in [6.45, 7) is 7.28. The van der Waals surface area contributed by atoms with Crippen LogP contribution < -0.4 is 5.32 Å². The summed E-state index contributed by atoms with van der Waals surface area (Å²) in [5, 5.41) is 7.74. The Morgan fingerprint density at radius 3 is 2.82 bits per heavy atom. The van der Waals surface area contributed by atoms with Crippen LogP contribution in [-0.4, -0.2) is 78.0 Å². The Morgan fingerprint density at radius 1 is 1.36 bits per heavy atom. The molecule has 8 heteroatoms. The van der Waals surface area contributed by atoms with Crippen LogP contribution in [0.25, 0.3) is 0 Å². The minimum atomic E-state index is 0. The van der Waals surface area contributed by atoms with Gasteiger partial charge in [0.15, 0.2) is 5.96 Å². The van der Waals surface area contributed by atoms with Gasteiger partial charge >= 0.3 is 0 Å². The number of aliphatic imine (C=N–C) groups is 1. The molecule has 1 N–H and O–H groups in total. The molecule has 0 aromatic carbocycles. The molecule has 1 aliphatic carbocycles. The van der Waals surface area contributed by atoms with Crippen molar-refractivity contribution in [1.82, 2.24) is 24.9 Å². The monoisotopic (exact) mass is 504 g/mol. The van der Waals surface area contributed by atoms with Gasteiger partial charge in [-0.2, -0.15) is 5.10 Å². The number of guanidine groups is 1. The van der Waals surface area contributed by atoms with Gasteiger partial charge in [-0.25, -0.2) is 0 Å². The third kappa shape index (κ3) is 6.59. The molecule has 160 valence electrons. The van der Waals surface area contributed by atoms with Gasteiger partial charge in [-0.3, -0.25) is 9.67 Å². The van der Waals surface area contributed by atoms with Gasteiger partial charge in [-0.15, -0.1) is 24.0 Å². The molecule has 1 saturated carbocycles. The number of ether oxygens (including phenoxy) is 1. The van der Waals surface area contributed by atoms with Gasteiger partial charge in [0.25, 0.3) is 0 Å². The zero-order valence-corrected chi connectivity index (χ0v) is 20.0. The van der Waals surface area contributed by atoms with Crippen molar-refractivity contribution in [3.05, 3.63) is 18.0 Å². The zero-order chi connectivity index (χ0) is 19.1. The van der Waals surface area contributed by atoms with E-state index in [2.05, 4.69) is 34.2 Å². The van der Waals surface area contributed by atoms with Crippen LogP contribution in [0.5, 0.6) is 0 Å². The Labute approximate surface area is 186 Å². The first-order valence-corrected chi connectivity index (χ1v) is 10.5. The Balaban J connectivity index is 0.00000280. The second kappa shape index (κ2) is 12.0. The summed E-state index contributed by atoms with van der Waals surface area (Å²) in [6.07, 6.45) is 10.8. The van der Waals surface area contributed by atoms with Crippen LogP contribution in [0.2, 0.25) is 0 Å². The highest BCUT2D eigenvalue weighted by atomic mass is 127. The molecule has 0 spiro atoms. The lowest BCUT2D eigenvalue weighted by Gasteiger charge is -2.35. The van der Waals surface area contributed by atoms with Crippen LogP contribution in [-0.2, 0) is 11.8 Å². The van der Waals surface area contributed by atoms with Gasteiger partial charge in [-0.1, -0.05) is 19.3 Å². The molecule has 2 aliphatic rings. The van der Waals surface area contributed by atoms with Crippen LogP contribution in [0.4, 0.5) is 0 Å². The molecule has 7 nitrogen and oxygen atoms in total. The molecule has 1 aromatic rings. The van der Waals surface area contributed by atoms with Crippen molar-refractivity contribution in [2.45, 2.75) is 51.2 Å². The molecule has 28 heavy (non-hydrogen) atoms. The molecule has 1 saturated heterocycles. The van der Waals surface area contributed by atoms with E-state index in [-0.39, 0.29) is 30.1 Å². The van der Waals surface area contributed by atoms with E-state index in [9.17, 15) is 0 Å². The van der Waals surface area contributed by atoms with Gasteiger partial charge in [0.2, 0.25) is 0 Å². The fourth-order valence-corrected chi connectivity index (χ4v) is 4.09. The number of hydrogen-bond donors (Lipinski definition) is 1. The fourth-order valence-electron chi connectivity index (χ4n) is 4.09. The van der Waals surface area contributed by atoms with E-state index in [4.69, 9.17) is 9.73 Å². The van der Waals surface area contributed by atoms with Crippen molar-refractivity contribution in [2.24, 2.45) is 12.0 Å². The lowest BCUT2D eigenvalue weighted by molar-refractivity contribution is -0.00805. The average molecular weight is 504 g/mol. The second-order valence-electron chi connectivity index (χ2n) is 7.76. The Morgan fingerprint density at radius 2 is 2.14 bits per heavy atom. The van der Waals surface area contributed by atoms with Crippen molar-refractivity contribution < 1.29 is 4.74 Å². The number of likely N-dealkylation sites (N-methyl/N-ethyl adjacent to an activating group) is 1. The Kier molecular flexibility index (Phi) is 10.0. The number of nitrogens with one attached hydrogen (secondary N) is 1. The standard InChI is InChI=1S/C20H36N6O.HI/c1-4-21-20(22-10-11-24(2)18-8-6-5-7-9-18)26-12-13-27-19(16-26)17-14-23-25(3)15-17;/h14-15,18-19H,4-13,16H2,1-3H3,(H,21,22);1H. The van der Waals surface area contributed by atoms with Crippen LogP contribution in [0, 0.1) is 0 Å². The summed E-state index contributed by atoms with van der Waals surface area (Å²) < 4.78 is 7.80. The SMILES string of the molecule is CCNC(=NCCN(C)C1CCCCC1)N1CCOC(c2cnn(C)c2)C1.I. The van der Waals surface area contributed by atoms with Crippen LogP contribution in [0.1, 0.15) is 50.7 Å². The van der Waals surface area contributed by atoms with Crippen molar-refractivity contribution in [1.29, 1.82) is 0 Å². The molecule has 1 aromatic heterocycles. The number of aromatic nitrogens is 2. The smallest absolute Gasteiger partial charge is 0.194 e. The van der Waals surface area contributed by atoms with Gasteiger partial charge in [0.05, 0.1) is 25.9 Å². The predicted molar refractivity (Wildman–Crippen MR) is 124 cm³/mol. The third-order valence-electron chi connectivity index (χ3n) is 5.71. The molecular weight excluding hydrogens is 467 g/mol. The molecule has 1 atom stereocenters. The minimum absolute atomic E-state index is 0. The second-order valence-corrected chi connectivity index (χ2v) is 7.76. The molecule has 1 unspecified atom stereocenters. The number of nitrogens with zero attached hydrogens (tertiary/aromatic N) is 5. The highest BCUT2D eigenvalue weighted by Gasteiger charge is 2.25. The van der Waals surface area contributed by atoms with Crippen molar-refractivity contribution >= 4 is 29.9 Å². The third-order valence-corrected chi connectivity index (χ3v) is 5.71. The summed E-state index contributed by atoms with van der Waals surface area (Å²) in [5.74, 6) is 1.01. The first-order chi connectivity index (χ1) is 13.2. The Bertz CT molecular complexity index is 601. The van der Waals surface area contributed by atoms with Gasteiger partial charge in [0.1, 0.15) is 6.10 Å². The highest BCUT2D eigenvalue weighted by Crippen LogP contribution is 2.22. The number of aryl methyl sites for hydroxylation is 1. The van der Waals surface area contributed by atoms with Gasteiger partial charge < -0.3 is 19.9 Å². The zero-order valence-electron chi connectivity index (χ0n) is 17.6. The average Bonchev–Trinajstić information content (AvgIpc) is 3.14. The highest BCUT2D eigenvalue weighted by molar-refractivity contribution is 14.0. The summed E-state index contributed by atoms with van der Waals surface area (Å²) in [7, 11) is 4.20. The van der Waals surface area contributed by atoms with Crippen molar-refractivity contribution in [2.75, 3.05) is 46.4 Å². The van der Waals surface area contributed by atoms with E-state index < -0.39 is 0 Å². The van der Waals surface area contributed by atoms with Crippen molar-refractivity contribution in [3.63, 3.8) is 0 Å². The minimum Gasteiger partial charge on any atom is -0.370 e.